The van der Waals surface area contributed by atoms with E-state index < -0.39 is 5.97 Å². The fraction of sp³-hybridized carbons (Fsp3) is 0.263. The van der Waals surface area contributed by atoms with Crippen LogP contribution in [0.15, 0.2) is 48.5 Å². The van der Waals surface area contributed by atoms with E-state index in [1.165, 1.54) is 0 Å². The third-order valence-corrected chi connectivity index (χ3v) is 3.93. The van der Waals surface area contributed by atoms with Crippen LogP contribution in [-0.4, -0.2) is 25.0 Å². The standard InChI is InChI=1S/C19H21ClN2O3/c1-14-7-8-16(11-17(14)20)21-10-9-19(24)25-13-18(23)22-12-15-5-3-2-4-6-15/h2-8,11,21H,9-10,12-13H2,1H3,(H,22,23). The molecule has 0 fully saturated rings. The Bertz CT molecular complexity index is 720. The molecule has 2 aromatic carbocycles. The molecule has 2 rings (SSSR count). The monoisotopic (exact) mass is 360 g/mol. The minimum Gasteiger partial charge on any atom is -0.456 e. The maximum absolute atomic E-state index is 11.7. The second-order valence-electron chi connectivity index (χ2n) is 5.56. The first-order valence-corrected chi connectivity index (χ1v) is 8.38. The van der Waals surface area contributed by atoms with Gasteiger partial charge in [-0.25, -0.2) is 0 Å². The zero-order valence-electron chi connectivity index (χ0n) is 14.0. The van der Waals surface area contributed by atoms with Crippen LogP contribution in [0, 0.1) is 6.92 Å². The average Bonchev–Trinajstić information content (AvgIpc) is 2.62. The molecule has 0 bridgehead atoms. The van der Waals surface area contributed by atoms with Gasteiger partial charge in [0.2, 0.25) is 0 Å². The molecular weight excluding hydrogens is 340 g/mol. The molecule has 2 N–H and O–H groups in total. The third-order valence-electron chi connectivity index (χ3n) is 3.53. The van der Waals surface area contributed by atoms with Crippen molar-refractivity contribution in [2.45, 2.75) is 19.9 Å². The lowest BCUT2D eigenvalue weighted by Crippen LogP contribution is -2.28. The van der Waals surface area contributed by atoms with Gasteiger partial charge in [-0.2, -0.15) is 0 Å². The molecule has 0 atom stereocenters. The Hall–Kier alpha value is -2.53. The molecule has 25 heavy (non-hydrogen) atoms. The molecular formula is C19H21ClN2O3. The summed E-state index contributed by atoms with van der Waals surface area (Å²) < 4.78 is 4.96. The van der Waals surface area contributed by atoms with Gasteiger partial charge in [0.25, 0.3) is 5.91 Å². The van der Waals surface area contributed by atoms with Crippen LogP contribution in [0.3, 0.4) is 0 Å². The van der Waals surface area contributed by atoms with Gasteiger partial charge in [0.15, 0.2) is 6.61 Å². The number of anilines is 1. The van der Waals surface area contributed by atoms with E-state index in [4.69, 9.17) is 16.3 Å². The van der Waals surface area contributed by atoms with Crippen LogP contribution in [0.4, 0.5) is 5.69 Å². The number of esters is 1. The predicted molar refractivity (Wildman–Crippen MR) is 98.5 cm³/mol. The molecule has 0 saturated carbocycles. The number of ether oxygens (including phenoxy) is 1. The van der Waals surface area contributed by atoms with Crippen LogP contribution in [0.1, 0.15) is 17.5 Å². The first-order valence-electron chi connectivity index (χ1n) is 8.01. The lowest BCUT2D eigenvalue weighted by atomic mass is 10.2. The van der Waals surface area contributed by atoms with Gasteiger partial charge in [-0.15, -0.1) is 0 Å². The zero-order valence-corrected chi connectivity index (χ0v) is 14.8. The van der Waals surface area contributed by atoms with E-state index >= 15 is 0 Å². The van der Waals surface area contributed by atoms with Crippen molar-refractivity contribution in [1.82, 2.24) is 5.32 Å². The maximum atomic E-state index is 11.7. The van der Waals surface area contributed by atoms with E-state index in [0.717, 1.165) is 16.8 Å². The molecule has 132 valence electrons. The molecule has 1 amide bonds. The van der Waals surface area contributed by atoms with Crippen LogP contribution in [0.5, 0.6) is 0 Å². The van der Waals surface area contributed by atoms with Crippen molar-refractivity contribution in [3.63, 3.8) is 0 Å². The van der Waals surface area contributed by atoms with Crippen molar-refractivity contribution >= 4 is 29.2 Å². The highest BCUT2D eigenvalue weighted by atomic mass is 35.5. The maximum Gasteiger partial charge on any atom is 0.308 e. The Morgan fingerprint density at radius 3 is 2.60 bits per heavy atom. The summed E-state index contributed by atoms with van der Waals surface area (Å²) in [6.07, 6.45) is 0.164. The smallest absolute Gasteiger partial charge is 0.308 e. The highest BCUT2D eigenvalue weighted by Crippen LogP contribution is 2.19. The number of nitrogens with one attached hydrogen (secondary N) is 2. The topological polar surface area (TPSA) is 67.4 Å². The second kappa shape index (κ2) is 9.69. The summed E-state index contributed by atoms with van der Waals surface area (Å²) in [5, 5.41) is 6.46. The molecule has 6 heteroatoms. The molecule has 0 unspecified atom stereocenters. The summed E-state index contributed by atoms with van der Waals surface area (Å²) in [4.78, 5) is 23.3. The van der Waals surface area contributed by atoms with Gasteiger partial charge in [0.05, 0.1) is 6.42 Å². The third kappa shape index (κ3) is 6.85. The average molecular weight is 361 g/mol. The number of hydrogen-bond acceptors (Lipinski definition) is 4. The Morgan fingerprint density at radius 1 is 1.12 bits per heavy atom. The Morgan fingerprint density at radius 2 is 1.88 bits per heavy atom. The number of carbonyl (C=O) groups excluding carboxylic acids is 2. The number of amides is 1. The largest absolute Gasteiger partial charge is 0.456 e. The van der Waals surface area contributed by atoms with Gasteiger partial charge in [-0.3, -0.25) is 9.59 Å². The lowest BCUT2D eigenvalue weighted by molar-refractivity contribution is -0.148. The van der Waals surface area contributed by atoms with Gasteiger partial charge in [-0.05, 0) is 30.2 Å². The summed E-state index contributed by atoms with van der Waals surface area (Å²) in [5.74, 6) is -0.754. The lowest BCUT2D eigenvalue weighted by Gasteiger charge is -2.09. The van der Waals surface area contributed by atoms with Gasteiger partial charge in [0, 0.05) is 23.8 Å². The first-order chi connectivity index (χ1) is 12.0. The SMILES string of the molecule is Cc1ccc(NCCC(=O)OCC(=O)NCc2ccccc2)cc1Cl. The van der Waals surface area contributed by atoms with Crippen LogP contribution < -0.4 is 10.6 Å². The molecule has 2 aromatic rings. The quantitative estimate of drug-likeness (QED) is 0.709. The van der Waals surface area contributed by atoms with Gasteiger partial charge in [-0.1, -0.05) is 48.0 Å². The van der Waals surface area contributed by atoms with E-state index in [0.29, 0.717) is 18.1 Å². The van der Waals surface area contributed by atoms with Crippen LogP contribution in [0.25, 0.3) is 0 Å². The van der Waals surface area contributed by atoms with Gasteiger partial charge >= 0.3 is 5.97 Å². The van der Waals surface area contributed by atoms with E-state index in [2.05, 4.69) is 10.6 Å². The predicted octanol–water partition coefficient (Wildman–Crippen LogP) is 3.31. The Balaban J connectivity index is 1.61. The highest BCUT2D eigenvalue weighted by Gasteiger charge is 2.07. The summed E-state index contributed by atoms with van der Waals surface area (Å²) in [6, 6.07) is 15.1. The van der Waals surface area contributed by atoms with Crippen molar-refractivity contribution in [3.05, 3.63) is 64.7 Å². The summed E-state index contributed by atoms with van der Waals surface area (Å²) in [6.45, 7) is 2.46. The fourth-order valence-electron chi connectivity index (χ4n) is 2.08. The van der Waals surface area contributed by atoms with Crippen molar-refractivity contribution in [3.8, 4) is 0 Å². The number of rotatable bonds is 8. The molecule has 0 radical (unpaired) electrons. The normalized spacial score (nSPS) is 10.2. The zero-order chi connectivity index (χ0) is 18.1. The molecule has 0 aliphatic carbocycles. The Labute approximate surface area is 152 Å². The van der Waals surface area contributed by atoms with E-state index in [1.807, 2.05) is 49.4 Å². The Kier molecular flexibility index (Phi) is 7.29. The van der Waals surface area contributed by atoms with Crippen molar-refractivity contribution in [1.29, 1.82) is 0 Å². The molecule has 0 aliphatic heterocycles. The number of carbonyl (C=O) groups is 2. The number of aryl methyl sites for hydroxylation is 1. The number of hydrogen-bond donors (Lipinski definition) is 2. The van der Waals surface area contributed by atoms with E-state index in [1.54, 1.807) is 6.07 Å². The van der Waals surface area contributed by atoms with Crippen LogP contribution in [0.2, 0.25) is 5.02 Å². The van der Waals surface area contributed by atoms with Crippen LogP contribution in [-0.2, 0) is 20.9 Å². The summed E-state index contributed by atoms with van der Waals surface area (Å²) in [7, 11) is 0. The highest BCUT2D eigenvalue weighted by molar-refractivity contribution is 6.31. The molecule has 0 saturated heterocycles. The molecule has 5 nitrogen and oxygen atoms in total. The van der Waals surface area contributed by atoms with Crippen molar-refractivity contribution in [2.75, 3.05) is 18.5 Å². The molecule has 0 spiro atoms. The number of benzene rings is 2. The fourth-order valence-corrected chi connectivity index (χ4v) is 2.26. The minimum atomic E-state index is -0.430. The van der Waals surface area contributed by atoms with E-state index in [9.17, 15) is 9.59 Å². The van der Waals surface area contributed by atoms with Crippen molar-refractivity contribution < 1.29 is 14.3 Å². The molecule has 0 aliphatic rings. The first kappa shape index (κ1) is 18.8. The van der Waals surface area contributed by atoms with Gasteiger partial charge in [0.1, 0.15) is 0 Å². The van der Waals surface area contributed by atoms with Gasteiger partial charge < -0.3 is 15.4 Å². The van der Waals surface area contributed by atoms with Crippen molar-refractivity contribution in [2.24, 2.45) is 0 Å². The minimum absolute atomic E-state index is 0.164. The molecule has 0 aromatic heterocycles. The molecule has 0 heterocycles. The van der Waals surface area contributed by atoms with Crippen LogP contribution >= 0.6 is 11.6 Å². The van der Waals surface area contributed by atoms with E-state index in [-0.39, 0.29) is 18.9 Å². The number of halogens is 1. The second-order valence-corrected chi connectivity index (χ2v) is 5.97. The summed E-state index contributed by atoms with van der Waals surface area (Å²) in [5.41, 5.74) is 2.82. The summed E-state index contributed by atoms with van der Waals surface area (Å²) >= 11 is 6.04.